The van der Waals surface area contributed by atoms with Crippen molar-refractivity contribution >= 4 is 10.4 Å². The molecule has 0 saturated carbocycles. The molecule has 0 amide bonds. The van der Waals surface area contributed by atoms with Gasteiger partial charge in [0.15, 0.2) is 0 Å². The first-order valence-corrected chi connectivity index (χ1v) is 3.25. The molecule has 0 heterocycles. The van der Waals surface area contributed by atoms with Crippen molar-refractivity contribution in [3.63, 3.8) is 0 Å². The molecule has 0 aliphatic rings. The van der Waals surface area contributed by atoms with Crippen LogP contribution in [0.2, 0.25) is 0 Å². The van der Waals surface area contributed by atoms with E-state index in [2.05, 4.69) is 13.4 Å². The lowest BCUT2D eigenvalue weighted by molar-refractivity contribution is -0.324. The van der Waals surface area contributed by atoms with Crippen LogP contribution in [0, 0.1) is 0 Å². The van der Waals surface area contributed by atoms with E-state index in [9.17, 15) is 17.2 Å². The van der Waals surface area contributed by atoms with E-state index < -0.39 is 17.0 Å². The van der Waals surface area contributed by atoms with Crippen molar-refractivity contribution in [3.05, 3.63) is 0 Å². The van der Waals surface area contributed by atoms with Crippen LogP contribution in [0.15, 0.2) is 0 Å². The molecule has 0 N–H and O–H groups in total. The third kappa shape index (κ3) is 4.56. The molecule has 0 radical (unpaired) electrons. The zero-order valence-electron chi connectivity index (χ0n) is 4.78. The molecule has 0 spiro atoms. The van der Waals surface area contributed by atoms with Gasteiger partial charge in [0, 0.05) is 0 Å². The lowest BCUT2D eigenvalue weighted by atomic mass is 11.5. The Labute approximate surface area is 55.7 Å². The Morgan fingerprint density at radius 2 is 1.90 bits per heavy atom. The molecule has 0 bridgehead atoms. The van der Waals surface area contributed by atoms with Crippen LogP contribution in [0.1, 0.15) is 0 Å². The van der Waals surface area contributed by atoms with E-state index in [0.29, 0.717) is 0 Å². The first-order chi connectivity index (χ1) is 4.48. The molecule has 0 atom stereocenters. The van der Waals surface area contributed by atoms with Crippen molar-refractivity contribution < 1.29 is 30.6 Å². The summed E-state index contributed by atoms with van der Waals surface area (Å²) < 4.78 is 48.8. The van der Waals surface area contributed by atoms with Crippen molar-refractivity contribution in [1.82, 2.24) is 0 Å². The minimum Gasteiger partial charge on any atom is -0.250 e. The van der Waals surface area contributed by atoms with Crippen LogP contribution in [-0.4, -0.2) is 22.1 Å². The maximum atomic E-state index is 11.0. The summed E-state index contributed by atoms with van der Waals surface area (Å²) in [7, 11) is -3.68. The van der Waals surface area contributed by atoms with E-state index in [-0.39, 0.29) is 0 Å². The molecule has 0 saturated heterocycles. The largest absolute Gasteiger partial charge is 0.426 e. The molecular weight excluding hydrogens is 174 g/mol. The van der Waals surface area contributed by atoms with Gasteiger partial charge in [-0.15, -0.1) is 4.89 Å². The van der Waals surface area contributed by atoms with Crippen LogP contribution in [0.5, 0.6) is 0 Å². The van der Waals surface area contributed by atoms with E-state index >= 15 is 0 Å². The Balaban J connectivity index is 3.70. The summed E-state index contributed by atoms with van der Waals surface area (Å²) in [5, 5.41) is 0. The van der Waals surface area contributed by atoms with Crippen molar-refractivity contribution in [1.29, 1.82) is 0 Å². The van der Waals surface area contributed by atoms with Gasteiger partial charge in [0.1, 0.15) is 0 Å². The van der Waals surface area contributed by atoms with Crippen molar-refractivity contribution in [2.75, 3.05) is 7.11 Å². The number of rotatable bonds is 4. The predicted octanol–water partition coefficient (Wildman–Crippen LogP) is 0.0484. The molecule has 5 nitrogen and oxygen atoms in total. The van der Waals surface area contributed by atoms with Crippen LogP contribution in [0.25, 0.3) is 0 Å². The van der Waals surface area contributed by atoms with Crippen molar-refractivity contribution in [3.8, 4) is 0 Å². The predicted molar refractivity (Wildman–Crippen MR) is 24.1 cm³/mol. The Morgan fingerprint density at radius 3 is 2.20 bits per heavy atom. The highest BCUT2D eigenvalue weighted by Gasteiger charge is 2.14. The highest BCUT2D eigenvalue weighted by atomic mass is 32.3. The average molecular weight is 178 g/mol. The molecule has 0 aliphatic heterocycles. The van der Waals surface area contributed by atoms with E-state index in [1.54, 1.807) is 0 Å². The summed E-state index contributed by atoms with van der Waals surface area (Å²) in [6, 6.07) is 0. The SMILES string of the molecule is COS(=O)(=O)OOC(F)F. The second kappa shape index (κ2) is 3.76. The molecule has 0 aromatic heterocycles. The molecule has 0 aromatic rings. The average Bonchev–Trinajstić information content (AvgIpc) is 1.85. The summed E-state index contributed by atoms with van der Waals surface area (Å²) in [5.41, 5.74) is 0. The minimum absolute atomic E-state index is 0.740. The molecule has 62 valence electrons. The summed E-state index contributed by atoms with van der Waals surface area (Å²) in [5.74, 6) is 0. The van der Waals surface area contributed by atoms with Crippen molar-refractivity contribution in [2.45, 2.75) is 6.61 Å². The smallest absolute Gasteiger partial charge is 0.250 e. The maximum Gasteiger partial charge on any atom is 0.426 e. The van der Waals surface area contributed by atoms with Gasteiger partial charge in [-0.3, -0.25) is 0 Å². The van der Waals surface area contributed by atoms with E-state index in [1.807, 2.05) is 0 Å². The first kappa shape index (κ1) is 9.69. The highest BCUT2D eigenvalue weighted by Crippen LogP contribution is 2.00. The maximum absolute atomic E-state index is 11.0. The topological polar surface area (TPSA) is 61.8 Å². The van der Waals surface area contributed by atoms with Gasteiger partial charge >= 0.3 is 17.0 Å². The van der Waals surface area contributed by atoms with E-state index in [1.165, 1.54) is 0 Å². The lowest BCUT2D eigenvalue weighted by Gasteiger charge is -1.98. The van der Waals surface area contributed by atoms with Gasteiger partial charge in [-0.1, -0.05) is 4.33 Å². The third-order valence-electron chi connectivity index (χ3n) is 0.399. The molecule has 0 unspecified atom stereocenters. The number of hydrogen-bond donors (Lipinski definition) is 0. The van der Waals surface area contributed by atoms with Crippen molar-refractivity contribution in [2.24, 2.45) is 0 Å². The van der Waals surface area contributed by atoms with Crippen LogP contribution < -0.4 is 0 Å². The number of hydrogen-bond acceptors (Lipinski definition) is 5. The van der Waals surface area contributed by atoms with Crippen LogP contribution in [0.4, 0.5) is 8.78 Å². The van der Waals surface area contributed by atoms with Gasteiger partial charge in [0.2, 0.25) is 0 Å². The van der Waals surface area contributed by atoms with Crippen LogP contribution in [0.3, 0.4) is 0 Å². The highest BCUT2D eigenvalue weighted by molar-refractivity contribution is 7.81. The number of halogens is 2. The first-order valence-electron chi connectivity index (χ1n) is 1.91. The van der Waals surface area contributed by atoms with Gasteiger partial charge < -0.3 is 0 Å². The minimum atomic E-state index is -4.42. The fourth-order valence-corrected chi connectivity index (χ4v) is 0.317. The molecule has 0 aliphatic carbocycles. The summed E-state index contributed by atoms with van der Waals surface area (Å²) in [4.78, 5) is 2.95. The van der Waals surface area contributed by atoms with Gasteiger partial charge in [-0.25, -0.2) is 4.18 Å². The summed E-state index contributed by atoms with van der Waals surface area (Å²) in [6.07, 6.45) is 0. The number of alkyl halides is 2. The second-order valence-electron chi connectivity index (χ2n) is 1.000. The van der Waals surface area contributed by atoms with E-state index in [4.69, 9.17) is 0 Å². The molecule has 10 heavy (non-hydrogen) atoms. The fourth-order valence-electron chi connectivity index (χ4n) is 0.106. The zero-order valence-corrected chi connectivity index (χ0v) is 5.60. The fraction of sp³-hybridized carbons (Fsp3) is 1.00. The molecule has 0 fully saturated rings. The Bertz CT molecular complexity index is 174. The van der Waals surface area contributed by atoms with Crippen LogP contribution in [-0.2, 0) is 23.8 Å². The van der Waals surface area contributed by atoms with E-state index in [0.717, 1.165) is 7.11 Å². The van der Waals surface area contributed by atoms with Gasteiger partial charge in [0.25, 0.3) is 0 Å². The van der Waals surface area contributed by atoms with Gasteiger partial charge in [-0.05, 0) is 0 Å². The zero-order chi connectivity index (χ0) is 8.20. The molecule has 8 heteroatoms. The Morgan fingerprint density at radius 1 is 1.40 bits per heavy atom. The van der Waals surface area contributed by atoms with Gasteiger partial charge in [-0.2, -0.15) is 17.2 Å². The van der Waals surface area contributed by atoms with Crippen LogP contribution >= 0.6 is 0 Å². The normalized spacial score (nSPS) is 12.4. The standard InChI is InChI=1S/C2H4F2O5S/c1-7-10(5,6)9-8-2(3)4/h2H,1H3. The second-order valence-corrected chi connectivity index (χ2v) is 2.29. The lowest BCUT2D eigenvalue weighted by Crippen LogP contribution is -2.10. The summed E-state index contributed by atoms with van der Waals surface area (Å²) in [6.45, 7) is -3.31. The molecule has 0 aromatic carbocycles. The van der Waals surface area contributed by atoms with Gasteiger partial charge in [0.05, 0.1) is 7.11 Å². The Kier molecular flexibility index (Phi) is 3.64. The Hall–Kier alpha value is -0.310. The summed E-state index contributed by atoms with van der Waals surface area (Å²) >= 11 is 0. The molecular formula is C2H4F2O5S. The monoisotopic (exact) mass is 178 g/mol. The third-order valence-corrected chi connectivity index (χ3v) is 1.05. The quantitative estimate of drug-likeness (QED) is 0.449. The molecule has 0 rings (SSSR count).